The summed E-state index contributed by atoms with van der Waals surface area (Å²) < 4.78 is 5.63. The van der Waals surface area contributed by atoms with Gasteiger partial charge in [0.05, 0.1) is 10.5 Å². The predicted molar refractivity (Wildman–Crippen MR) is 70.2 cm³/mol. The highest BCUT2D eigenvalue weighted by Crippen LogP contribution is 2.30. The van der Waals surface area contributed by atoms with E-state index in [0.29, 0.717) is 17.3 Å². The number of hydrogen-bond acceptors (Lipinski definition) is 4. The third kappa shape index (κ3) is 2.91. The molecule has 0 amide bonds. The fraction of sp³-hybridized carbons (Fsp3) is 0.500. The standard InChI is InChI=1S/C12H15ClN2O3/c1-12(5-2-6-18-12)8-14-10-4-3-9(13)7-11(10)15(16)17/h3-4,7,14H,2,5-6,8H2,1H3. The zero-order valence-electron chi connectivity index (χ0n) is 10.1. The molecule has 1 atom stereocenters. The first kappa shape index (κ1) is 13.1. The molecule has 0 radical (unpaired) electrons. The zero-order chi connectivity index (χ0) is 13.2. The van der Waals surface area contributed by atoms with Crippen molar-refractivity contribution in [3.8, 4) is 0 Å². The van der Waals surface area contributed by atoms with Crippen molar-refractivity contribution in [2.45, 2.75) is 25.4 Å². The average molecular weight is 271 g/mol. The second-order valence-corrected chi connectivity index (χ2v) is 5.11. The first-order valence-electron chi connectivity index (χ1n) is 5.82. The molecule has 1 fully saturated rings. The fourth-order valence-corrected chi connectivity index (χ4v) is 2.23. The lowest BCUT2D eigenvalue weighted by Gasteiger charge is -2.23. The molecule has 1 aliphatic heterocycles. The van der Waals surface area contributed by atoms with Crippen LogP contribution < -0.4 is 5.32 Å². The van der Waals surface area contributed by atoms with Gasteiger partial charge in [-0.05, 0) is 31.9 Å². The van der Waals surface area contributed by atoms with Gasteiger partial charge in [-0.3, -0.25) is 10.1 Å². The van der Waals surface area contributed by atoms with Crippen molar-refractivity contribution >= 4 is 23.0 Å². The van der Waals surface area contributed by atoms with Crippen molar-refractivity contribution < 1.29 is 9.66 Å². The largest absolute Gasteiger partial charge is 0.377 e. The van der Waals surface area contributed by atoms with Crippen LogP contribution in [0, 0.1) is 10.1 Å². The van der Waals surface area contributed by atoms with Gasteiger partial charge in [-0.15, -0.1) is 0 Å². The smallest absolute Gasteiger partial charge is 0.293 e. The molecule has 1 aromatic rings. The highest BCUT2D eigenvalue weighted by molar-refractivity contribution is 6.30. The van der Waals surface area contributed by atoms with Crippen LogP contribution in [0.2, 0.25) is 5.02 Å². The topological polar surface area (TPSA) is 64.4 Å². The second-order valence-electron chi connectivity index (χ2n) is 4.67. The van der Waals surface area contributed by atoms with Gasteiger partial charge in [-0.25, -0.2) is 0 Å². The van der Waals surface area contributed by atoms with E-state index >= 15 is 0 Å². The summed E-state index contributed by atoms with van der Waals surface area (Å²) in [6, 6.07) is 4.61. The van der Waals surface area contributed by atoms with Gasteiger partial charge in [0.25, 0.3) is 5.69 Å². The van der Waals surface area contributed by atoms with Gasteiger partial charge in [0.2, 0.25) is 0 Å². The molecular formula is C12H15ClN2O3. The van der Waals surface area contributed by atoms with Crippen LogP contribution in [-0.4, -0.2) is 23.7 Å². The van der Waals surface area contributed by atoms with Crippen molar-refractivity contribution in [2.24, 2.45) is 0 Å². The van der Waals surface area contributed by atoms with E-state index in [-0.39, 0.29) is 11.3 Å². The lowest BCUT2D eigenvalue weighted by molar-refractivity contribution is -0.383. The molecule has 0 aromatic heterocycles. The van der Waals surface area contributed by atoms with E-state index in [1.165, 1.54) is 6.07 Å². The number of nitro benzene ring substituents is 1. The number of rotatable bonds is 4. The summed E-state index contributed by atoms with van der Waals surface area (Å²) in [7, 11) is 0. The minimum Gasteiger partial charge on any atom is -0.377 e. The summed E-state index contributed by atoms with van der Waals surface area (Å²) >= 11 is 5.76. The van der Waals surface area contributed by atoms with Gasteiger partial charge in [0.15, 0.2) is 0 Å². The van der Waals surface area contributed by atoms with Crippen molar-refractivity contribution in [1.82, 2.24) is 0 Å². The Morgan fingerprint density at radius 1 is 1.61 bits per heavy atom. The van der Waals surface area contributed by atoms with E-state index in [1.807, 2.05) is 6.92 Å². The van der Waals surface area contributed by atoms with Crippen LogP contribution in [0.15, 0.2) is 18.2 Å². The van der Waals surface area contributed by atoms with E-state index in [1.54, 1.807) is 12.1 Å². The van der Waals surface area contributed by atoms with E-state index in [0.717, 1.165) is 19.4 Å². The predicted octanol–water partition coefficient (Wildman–Crippen LogP) is 3.23. The molecule has 0 saturated carbocycles. The Balaban J connectivity index is 2.11. The van der Waals surface area contributed by atoms with Gasteiger partial charge in [-0.2, -0.15) is 0 Å². The number of ether oxygens (including phenoxy) is 1. The number of nitrogens with one attached hydrogen (secondary N) is 1. The van der Waals surface area contributed by atoms with Crippen LogP contribution in [-0.2, 0) is 4.74 Å². The Kier molecular flexibility index (Phi) is 3.73. The fourth-order valence-electron chi connectivity index (χ4n) is 2.06. The third-order valence-corrected chi connectivity index (χ3v) is 3.34. The van der Waals surface area contributed by atoms with E-state index in [2.05, 4.69) is 5.32 Å². The number of anilines is 1. The molecule has 0 bridgehead atoms. The summed E-state index contributed by atoms with van der Waals surface area (Å²) in [4.78, 5) is 10.5. The van der Waals surface area contributed by atoms with Crippen LogP contribution >= 0.6 is 11.6 Å². The van der Waals surface area contributed by atoms with Gasteiger partial charge in [0.1, 0.15) is 5.69 Å². The molecule has 1 unspecified atom stereocenters. The number of halogens is 1. The molecule has 1 N–H and O–H groups in total. The van der Waals surface area contributed by atoms with Crippen molar-refractivity contribution in [2.75, 3.05) is 18.5 Å². The summed E-state index contributed by atoms with van der Waals surface area (Å²) in [6.45, 7) is 3.31. The maximum Gasteiger partial charge on any atom is 0.293 e. The van der Waals surface area contributed by atoms with Crippen molar-refractivity contribution in [1.29, 1.82) is 0 Å². The molecule has 0 spiro atoms. The minimum atomic E-state index is -0.438. The zero-order valence-corrected chi connectivity index (χ0v) is 10.9. The molecular weight excluding hydrogens is 256 g/mol. The summed E-state index contributed by atoms with van der Waals surface area (Å²) in [5.41, 5.74) is 0.221. The minimum absolute atomic E-state index is 0.0101. The van der Waals surface area contributed by atoms with E-state index in [4.69, 9.17) is 16.3 Å². The molecule has 1 heterocycles. The normalized spacial score (nSPS) is 23.0. The van der Waals surface area contributed by atoms with E-state index in [9.17, 15) is 10.1 Å². The molecule has 1 saturated heterocycles. The number of hydrogen-bond donors (Lipinski definition) is 1. The van der Waals surface area contributed by atoms with E-state index < -0.39 is 4.92 Å². The molecule has 2 rings (SSSR count). The number of nitrogens with zero attached hydrogens (tertiary/aromatic N) is 1. The molecule has 0 aliphatic carbocycles. The molecule has 5 nitrogen and oxygen atoms in total. The monoisotopic (exact) mass is 270 g/mol. The first-order chi connectivity index (χ1) is 8.50. The Bertz CT molecular complexity index is 459. The first-order valence-corrected chi connectivity index (χ1v) is 6.20. The Morgan fingerprint density at radius 3 is 3.00 bits per heavy atom. The Hall–Kier alpha value is -1.33. The maximum absolute atomic E-state index is 10.9. The molecule has 1 aromatic carbocycles. The van der Waals surface area contributed by atoms with Crippen LogP contribution in [0.3, 0.4) is 0 Å². The number of benzene rings is 1. The van der Waals surface area contributed by atoms with Crippen LogP contribution in [0.25, 0.3) is 0 Å². The Morgan fingerprint density at radius 2 is 2.39 bits per heavy atom. The van der Waals surface area contributed by atoms with Crippen molar-refractivity contribution in [3.05, 3.63) is 33.3 Å². The maximum atomic E-state index is 10.9. The van der Waals surface area contributed by atoms with Crippen LogP contribution in [0.5, 0.6) is 0 Å². The summed E-state index contributed by atoms with van der Waals surface area (Å²) in [5, 5.41) is 14.4. The second kappa shape index (κ2) is 5.12. The van der Waals surface area contributed by atoms with Gasteiger partial charge in [0, 0.05) is 24.2 Å². The molecule has 6 heteroatoms. The quantitative estimate of drug-likeness (QED) is 0.674. The summed E-state index contributed by atoms with van der Waals surface area (Å²) in [5.74, 6) is 0. The summed E-state index contributed by atoms with van der Waals surface area (Å²) in [6.07, 6.45) is 1.99. The third-order valence-electron chi connectivity index (χ3n) is 3.11. The SMILES string of the molecule is CC1(CNc2ccc(Cl)cc2[N+](=O)[O-])CCCO1. The Labute approximate surface area is 110 Å². The molecule has 18 heavy (non-hydrogen) atoms. The lowest BCUT2D eigenvalue weighted by Crippen LogP contribution is -2.32. The highest BCUT2D eigenvalue weighted by Gasteiger charge is 2.30. The van der Waals surface area contributed by atoms with Crippen molar-refractivity contribution in [3.63, 3.8) is 0 Å². The van der Waals surface area contributed by atoms with Gasteiger partial charge in [-0.1, -0.05) is 11.6 Å². The molecule has 98 valence electrons. The number of nitro groups is 1. The average Bonchev–Trinajstić information content (AvgIpc) is 2.75. The van der Waals surface area contributed by atoms with Gasteiger partial charge < -0.3 is 10.1 Å². The molecule has 1 aliphatic rings. The van der Waals surface area contributed by atoms with Crippen LogP contribution in [0.4, 0.5) is 11.4 Å². The van der Waals surface area contributed by atoms with Gasteiger partial charge >= 0.3 is 0 Å². The lowest BCUT2D eigenvalue weighted by atomic mass is 10.0. The van der Waals surface area contributed by atoms with Crippen LogP contribution in [0.1, 0.15) is 19.8 Å². The highest BCUT2D eigenvalue weighted by atomic mass is 35.5.